The van der Waals surface area contributed by atoms with E-state index in [0.29, 0.717) is 114 Å². The van der Waals surface area contributed by atoms with Crippen molar-refractivity contribution < 1.29 is 46.4 Å². The van der Waals surface area contributed by atoms with E-state index in [0.717, 1.165) is 37.6 Å². The van der Waals surface area contributed by atoms with Crippen molar-refractivity contribution in [2.45, 2.75) is 32.5 Å². The number of piperazine rings is 1. The van der Waals surface area contributed by atoms with E-state index < -0.39 is 17.6 Å². The molecular formula is C48H57F3N6O7. The second-order valence-corrected chi connectivity index (χ2v) is 16.4. The molecule has 7 rings (SSSR count). The average Bonchev–Trinajstić information content (AvgIpc) is 4.04. The number of alkyl halides is 3. The van der Waals surface area contributed by atoms with E-state index in [1.807, 2.05) is 35.5 Å². The van der Waals surface area contributed by atoms with Gasteiger partial charge in [0.2, 0.25) is 5.91 Å². The first-order valence-corrected chi connectivity index (χ1v) is 21.9. The molecule has 16 heteroatoms. The Morgan fingerprint density at radius 1 is 0.828 bits per heavy atom. The number of ether oxygens (including phenoxy) is 5. The van der Waals surface area contributed by atoms with Crippen LogP contribution in [0, 0.1) is 36.5 Å². The van der Waals surface area contributed by atoms with Gasteiger partial charge in [0.25, 0.3) is 5.91 Å². The van der Waals surface area contributed by atoms with E-state index in [9.17, 15) is 22.8 Å². The van der Waals surface area contributed by atoms with Gasteiger partial charge in [-0.3, -0.25) is 18.9 Å². The number of imidazole rings is 1. The summed E-state index contributed by atoms with van der Waals surface area (Å²) in [5.41, 5.74) is 2.44. The van der Waals surface area contributed by atoms with Gasteiger partial charge in [0, 0.05) is 74.3 Å². The van der Waals surface area contributed by atoms with Crippen molar-refractivity contribution in [2.24, 2.45) is 17.8 Å². The van der Waals surface area contributed by atoms with Crippen LogP contribution in [0.25, 0.3) is 5.65 Å². The minimum absolute atomic E-state index is 0.0649. The van der Waals surface area contributed by atoms with E-state index in [-0.39, 0.29) is 35.2 Å². The Labute approximate surface area is 372 Å². The summed E-state index contributed by atoms with van der Waals surface area (Å²) < 4.78 is 72.4. The molecule has 2 fully saturated rings. The summed E-state index contributed by atoms with van der Waals surface area (Å²) in [4.78, 5) is 34.2. The number of pyridine rings is 1. The highest BCUT2D eigenvalue weighted by atomic mass is 19.4. The highest BCUT2D eigenvalue weighted by Gasteiger charge is 2.39. The van der Waals surface area contributed by atoms with Crippen molar-refractivity contribution in [3.63, 3.8) is 0 Å². The largest absolute Gasteiger partial charge is 0.491 e. The van der Waals surface area contributed by atoms with Crippen molar-refractivity contribution in [3.8, 4) is 17.6 Å². The van der Waals surface area contributed by atoms with Crippen molar-refractivity contribution in [1.82, 2.24) is 24.5 Å². The Kier molecular flexibility index (Phi) is 16.5. The molecule has 3 heterocycles. The number of benzene rings is 2. The number of hydrogen-bond acceptors (Lipinski definition) is 10. The third-order valence-electron chi connectivity index (χ3n) is 11.7. The highest BCUT2D eigenvalue weighted by Crippen LogP contribution is 2.43. The summed E-state index contributed by atoms with van der Waals surface area (Å²) in [5.74, 6) is 7.58. The molecule has 2 aromatic carbocycles. The van der Waals surface area contributed by atoms with Crippen LogP contribution >= 0.6 is 0 Å². The third kappa shape index (κ3) is 13.2. The van der Waals surface area contributed by atoms with Gasteiger partial charge in [-0.1, -0.05) is 30.2 Å². The number of carbonyl (C=O) groups excluding carboxylic acids is 2. The van der Waals surface area contributed by atoms with Crippen LogP contribution < -0.4 is 15.4 Å². The number of carbonyl (C=O) groups is 2. The predicted molar refractivity (Wildman–Crippen MR) is 235 cm³/mol. The maximum absolute atomic E-state index is 14.1. The molecule has 342 valence electrons. The van der Waals surface area contributed by atoms with Crippen molar-refractivity contribution >= 4 is 23.1 Å². The summed E-state index contributed by atoms with van der Waals surface area (Å²) in [7, 11) is 2.00. The number of halogens is 3. The molecule has 2 amide bonds. The quantitative estimate of drug-likeness (QED) is 0.0600. The molecule has 2 aliphatic carbocycles. The van der Waals surface area contributed by atoms with E-state index in [1.165, 1.54) is 12.1 Å². The van der Waals surface area contributed by atoms with Crippen LogP contribution in [0.2, 0.25) is 0 Å². The molecule has 2 aromatic heterocycles. The van der Waals surface area contributed by atoms with Gasteiger partial charge in [-0.05, 0) is 86.0 Å². The molecule has 4 aromatic rings. The van der Waals surface area contributed by atoms with Gasteiger partial charge in [0.15, 0.2) is 0 Å². The monoisotopic (exact) mass is 886 g/mol. The number of nitrogens with zero attached hydrogens (tertiary/aromatic N) is 4. The van der Waals surface area contributed by atoms with E-state index in [2.05, 4.69) is 44.5 Å². The van der Waals surface area contributed by atoms with Crippen LogP contribution in [-0.2, 0) is 36.5 Å². The number of allylic oxidation sites excluding steroid dienone is 2. The van der Waals surface area contributed by atoms with Crippen LogP contribution in [0.1, 0.15) is 51.1 Å². The number of nitrogens with one attached hydrogen (secondary N) is 2. The molecule has 13 nitrogen and oxygen atoms in total. The lowest BCUT2D eigenvalue weighted by atomic mass is 9.93. The van der Waals surface area contributed by atoms with E-state index >= 15 is 0 Å². The summed E-state index contributed by atoms with van der Waals surface area (Å²) in [5, 5.41) is 5.63. The Hall–Kier alpha value is -5.28. The zero-order valence-corrected chi connectivity index (χ0v) is 36.5. The molecule has 1 saturated carbocycles. The first-order chi connectivity index (χ1) is 31.0. The molecule has 3 unspecified atom stereocenters. The fourth-order valence-electron chi connectivity index (χ4n) is 8.12. The summed E-state index contributed by atoms with van der Waals surface area (Å²) in [6.45, 7) is 9.36. The lowest BCUT2D eigenvalue weighted by Gasteiger charge is -2.33. The number of aromatic nitrogens is 2. The fourth-order valence-corrected chi connectivity index (χ4v) is 8.12. The van der Waals surface area contributed by atoms with Crippen LogP contribution in [0.15, 0.2) is 73.1 Å². The zero-order chi connectivity index (χ0) is 44.9. The highest BCUT2D eigenvalue weighted by molar-refractivity contribution is 6.04. The van der Waals surface area contributed by atoms with Gasteiger partial charge in [-0.15, -0.1) is 0 Å². The molecular weight excluding hydrogens is 830 g/mol. The molecule has 2 N–H and O–H groups in total. The molecule has 64 heavy (non-hydrogen) atoms. The third-order valence-corrected chi connectivity index (χ3v) is 11.7. The number of hydrogen-bond donors (Lipinski definition) is 2. The minimum atomic E-state index is -4.57. The number of aryl methyl sites for hydroxylation is 1. The number of rotatable bonds is 21. The van der Waals surface area contributed by atoms with Gasteiger partial charge >= 0.3 is 6.18 Å². The number of likely N-dealkylation sites (N-methyl/N-ethyl adjacent to an activating group) is 1. The van der Waals surface area contributed by atoms with Gasteiger partial charge in [-0.2, -0.15) is 13.2 Å². The summed E-state index contributed by atoms with van der Waals surface area (Å²) in [6, 6.07) is 12.6. The second-order valence-electron chi connectivity index (χ2n) is 16.4. The molecule has 2 bridgehead atoms. The number of anilines is 1. The number of amides is 2. The second kappa shape index (κ2) is 22.6. The average molecular weight is 887 g/mol. The molecule has 1 aliphatic heterocycles. The summed E-state index contributed by atoms with van der Waals surface area (Å²) in [6.07, 6.45) is 5.38. The lowest BCUT2D eigenvalue weighted by molar-refractivity contribution is -0.138. The SMILES string of the molecule is Cc1ccc(C(=O)Nc2ccc(CN3CCN(C)CC3)c(C(F)(F)F)c2)cc1C#Cc1cnc2cc(OCCOCCOCCOCCOCCNC(=O)C3CC4C=CC3C4)ccn12. The van der Waals surface area contributed by atoms with Crippen LogP contribution in [-0.4, -0.2) is 130 Å². The van der Waals surface area contributed by atoms with E-state index in [4.69, 9.17) is 23.7 Å². The zero-order valence-electron chi connectivity index (χ0n) is 36.5. The maximum Gasteiger partial charge on any atom is 0.416 e. The van der Waals surface area contributed by atoms with E-state index in [1.54, 1.807) is 30.5 Å². The fraction of sp³-hybridized carbons (Fsp3) is 0.479. The molecule has 0 spiro atoms. The van der Waals surface area contributed by atoms with Crippen molar-refractivity contribution in [3.05, 3.63) is 107 Å². The molecule has 3 atom stereocenters. The molecule has 0 radical (unpaired) electrons. The first kappa shape index (κ1) is 46.7. The molecule has 1 saturated heterocycles. The standard InChI is InChI=1S/C48H57F3N6O7/c1-34-3-5-38(46(58)54-40-9-7-39(44(30-40)48(49,50)51)33-56-16-14-55(2)15-17-56)29-36(34)8-10-41-32-53-45-31-42(11-13-57(41)45)64-26-25-63-24-23-62-22-21-61-20-19-60-18-12-52-47(59)43-28-35-4-6-37(43)27-35/h3-7,9,11,13,29-32,35,37,43H,12,14-28,33H2,1-2H3,(H,52,59)(H,54,58). The Bertz CT molecular complexity index is 2300. The topological polar surface area (TPSA) is 128 Å². The predicted octanol–water partition coefficient (Wildman–Crippen LogP) is 5.83. The van der Waals surface area contributed by atoms with Crippen LogP contribution in [0.4, 0.5) is 18.9 Å². The first-order valence-electron chi connectivity index (χ1n) is 21.9. The number of fused-ring (bicyclic) bond motifs is 3. The smallest absolute Gasteiger partial charge is 0.416 e. The summed E-state index contributed by atoms with van der Waals surface area (Å²) >= 11 is 0. The Balaban J connectivity index is 0.777. The normalized spacial score (nSPS) is 18.6. The van der Waals surface area contributed by atoms with Gasteiger partial charge in [0.1, 0.15) is 23.7 Å². The van der Waals surface area contributed by atoms with Crippen molar-refractivity contribution in [2.75, 3.05) is 105 Å². The molecule has 3 aliphatic rings. The van der Waals surface area contributed by atoms with Crippen LogP contribution in [0.3, 0.4) is 0 Å². The van der Waals surface area contributed by atoms with Crippen LogP contribution in [0.5, 0.6) is 5.75 Å². The van der Waals surface area contributed by atoms with Crippen molar-refractivity contribution in [1.29, 1.82) is 0 Å². The minimum Gasteiger partial charge on any atom is -0.491 e. The Morgan fingerprint density at radius 2 is 1.55 bits per heavy atom. The van der Waals surface area contributed by atoms with Gasteiger partial charge in [0.05, 0.1) is 64.6 Å². The maximum atomic E-state index is 14.1. The Morgan fingerprint density at radius 3 is 2.23 bits per heavy atom. The lowest BCUT2D eigenvalue weighted by Crippen LogP contribution is -2.44. The van der Waals surface area contributed by atoms with Gasteiger partial charge in [-0.25, -0.2) is 4.98 Å². The van der Waals surface area contributed by atoms with Gasteiger partial charge < -0.3 is 39.2 Å².